The minimum absolute atomic E-state index is 0.0226. The summed E-state index contributed by atoms with van der Waals surface area (Å²) >= 11 is 0. The summed E-state index contributed by atoms with van der Waals surface area (Å²) < 4.78 is 5.58. The van der Waals surface area contributed by atoms with Gasteiger partial charge in [0.15, 0.2) is 0 Å². The molecule has 0 heterocycles. The van der Waals surface area contributed by atoms with E-state index in [-0.39, 0.29) is 36.8 Å². The van der Waals surface area contributed by atoms with Gasteiger partial charge in [-0.25, -0.2) is 4.79 Å². The normalized spacial score (nSPS) is 18.1. The molecule has 2 aliphatic rings. The monoisotopic (exact) mass is 470 g/mol. The summed E-state index contributed by atoms with van der Waals surface area (Å²) in [5.41, 5.74) is 5.49. The van der Waals surface area contributed by atoms with E-state index >= 15 is 0 Å². The third-order valence-electron chi connectivity index (χ3n) is 6.75. The van der Waals surface area contributed by atoms with Crippen LogP contribution in [0.4, 0.5) is 10.5 Å². The average Bonchev–Trinajstić information content (AvgIpc) is 3.15. The van der Waals surface area contributed by atoms with Gasteiger partial charge < -0.3 is 15.2 Å². The number of fused-ring (bicyclic) bond motifs is 3. The molecule has 1 fully saturated rings. The first-order valence-electron chi connectivity index (χ1n) is 11.7. The van der Waals surface area contributed by atoms with Gasteiger partial charge in [-0.3, -0.25) is 14.9 Å². The Morgan fingerprint density at radius 3 is 2.20 bits per heavy atom. The predicted molar refractivity (Wildman–Crippen MR) is 131 cm³/mol. The smallest absolute Gasteiger partial charge is 0.411 e. The first-order valence-corrected chi connectivity index (χ1v) is 11.7. The number of carboxylic acid groups (broad SMARTS) is 1. The van der Waals surface area contributed by atoms with E-state index in [2.05, 4.69) is 34.9 Å². The molecule has 3 aromatic carbocycles. The van der Waals surface area contributed by atoms with Crippen LogP contribution in [-0.2, 0) is 9.53 Å². The van der Waals surface area contributed by atoms with Gasteiger partial charge in [-0.05, 0) is 59.2 Å². The molecule has 0 saturated heterocycles. The van der Waals surface area contributed by atoms with Gasteiger partial charge in [-0.15, -0.1) is 0 Å². The quantitative estimate of drug-likeness (QED) is 0.449. The molecular formula is C28H26N2O5. The number of aliphatic carboxylic acids is 1. The average molecular weight is 471 g/mol. The third-order valence-corrected chi connectivity index (χ3v) is 6.75. The van der Waals surface area contributed by atoms with Crippen LogP contribution in [0.1, 0.15) is 46.7 Å². The van der Waals surface area contributed by atoms with Crippen LogP contribution in [0, 0.1) is 5.92 Å². The fourth-order valence-corrected chi connectivity index (χ4v) is 5.03. The number of hydrogen-bond acceptors (Lipinski definition) is 4. The second-order valence-electron chi connectivity index (χ2n) is 9.14. The zero-order valence-electron chi connectivity index (χ0n) is 19.1. The van der Waals surface area contributed by atoms with E-state index in [1.165, 1.54) is 0 Å². The molecule has 3 N–H and O–H groups in total. The van der Waals surface area contributed by atoms with E-state index in [4.69, 9.17) is 9.84 Å². The highest BCUT2D eigenvalue weighted by Gasteiger charge is 2.32. The van der Waals surface area contributed by atoms with Gasteiger partial charge in [0.2, 0.25) is 0 Å². The van der Waals surface area contributed by atoms with Gasteiger partial charge in [0, 0.05) is 29.6 Å². The molecule has 2 amide bonds. The molecule has 3 aromatic rings. The van der Waals surface area contributed by atoms with Crippen molar-refractivity contribution in [3.05, 3.63) is 89.5 Å². The van der Waals surface area contributed by atoms with Crippen molar-refractivity contribution in [3.8, 4) is 11.1 Å². The van der Waals surface area contributed by atoms with Gasteiger partial charge in [0.1, 0.15) is 6.61 Å². The lowest BCUT2D eigenvalue weighted by atomic mass is 9.78. The molecule has 0 radical (unpaired) electrons. The first-order chi connectivity index (χ1) is 17.0. The Morgan fingerprint density at radius 2 is 1.54 bits per heavy atom. The molecule has 7 heteroatoms. The zero-order chi connectivity index (χ0) is 24.4. The Kier molecular flexibility index (Phi) is 6.23. The summed E-state index contributed by atoms with van der Waals surface area (Å²) in [6.07, 6.45) is 0.872. The second kappa shape index (κ2) is 9.62. The number of nitrogens with one attached hydrogen (secondary N) is 2. The Bertz CT molecular complexity index is 1240. The molecule has 0 spiro atoms. The van der Waals surface area contributed by atoms with Crippen LogP contribution in [0.15, 0.2) is 72.8 Å². The van der Waals surface area contributed by atoms with Crippen LogP contribution in [0.5, 0.6) is 0 Å². The zero-order valence-corrected chi connectivity index (χ0v) is 19.1. The highest BCUT2D eigenvalue weighted by Crippen LogP contribution is 2.44. The maximum Gasteiger partial charge on any atom is 0.411 e. The Balaban J connectivity index is 1.17. The highest BCUT2D eigenvalue weighted by molar-refractivity contribution is 5.96. The Morgan fingerprint density at radius 1 is 0.886 bits per heavy atom. The van der Waals surface area contributed by atoms with Gasteiger partial charge in [-0.1, -0.05) is 54.6 Å². The molecule has 0 bridgehead atoms. The van der Waals surface area contributed by atoms with Crippen molar-refractivity contribution in [1.29, 1.82) is 0 Å². The third kappa shape index (κ3) is 4.89. The molecular weight excluding hydrogens is 444 g/mol. The lowest BCUT2D eigenvalue weighted by Crippen LogP contribution is -2.44. The van der Waals surface area contributed by atoms with Crippen molar-refractivity contribution >= 4 is 23.7 Å². The minimum Gasteiger partial charge on any atom is -0.481 e. The van der Waals surface area contributed by atoms with Crippen LogP contribution < -0.4 is 10.6 Å². The predicted octanol–water partition coefficient (Wildman–Crippen LogP) is 5.03. The molecule has 35 heavy (non-hydrogen) atoms. The molecule has 7 nitrogen and oxygen atoms in total. The van der Waals surface area contributed by atoms with Crippen LogP contribution >= 0.6 is 0 Å². The van der Waals surface area contributed by atoms with Crippen molar-refractivity contribution in [2.75, 3.05) is 11.9 Å². The van der Waals surface area contributed by atoms with E-state index in [1.54, 1.807) is 24.3 Å². The van der Waals surface area contributed by atoms with Crippen LogP contribution in [0.2, 0.25) is 0 Å². The summed E-state index contributed by atoms with van der Waals surface area (Å²) in [4.78, 5) is 35.9. The lowest BCUT2D eigenvalue weighted by Gasteiger charge is -2.34. The maximum atomic E-state index is 12.6. The lowest BCUT2D eigenvalue weighted by molar-refractivity contribution is -0.138. The SMILES string of the molecule is O=C(O)CC1CC(NC(=O)c2cccc(NC(=O)OCC3c4ccccc4-c4ccccc43)c2)C1. The fraction of sp³-hybridized carbons (Fsp3) is 0.250. The van der Waals surface area contributed by atoms with Gasteiger partial charge >= 0.3 is 12.1 Å². The van der Waals surface area contributed by atoms with E-state index < -0.39 is 12.1 Å². The van der Waals surface area contributed by atoms with Gasteiger partial charge in [0.25, 0.3) is 5.91 Å². The Labute approximate surface area is 203 Å². The van der Waals surface area contributed by atoms with Crippen molar-refractivity contribution in [2.45, 2.75) is 31.2 Å². The molecule has 5 rings (SSSR count). The van der Waals surface area contributed by atoms with E-state index in [1.807, 2.05) is 24.3 Å². The standard InChI is InChI=1S/C28H26N2O5/c31-26(32)14-17-12-20(13-17)29-27(33)18-6-5-7-19(15-18)30-28(34)35-16-25-23-10-3-1-8-21(23)22-9-2-4-11-24(22)25/h1-11,15,17,20,25H,12-14,16H2,(H,29,33)(H,30,34)(H,31,32). The Hall–Kier alpha value is -4.13. The number of anilines is 1. The van der Waals surface area contributed by atoms with E-state index in [9.17, 15) is 14.4 Å². The summed E-state index contributed by atoms with van der Waals surface area (Å²) in [5.74, 6) is -0.983. The van der Waals surface area contributed by atoms with Crippen molar-refractivity contribution in [3.63, 3.8) is 0 Å². The second-order valence-corrected chi connectivity index (χ2v) is 9.14. The van der Waals surface area contributed by atoms with Crippen LogP contribution in [0.25, 0.3) is 11.1 Å². The number of carboxylic acids is 1. The minimum atomic E-state index is -0.813. The molecule has 2 aliphatic carbocycles. The van der Waals surface area contributed by atoms with E-state index in [0.29, 0.717) is 24.1 Å². The van der Waals surface area contributed by atoms with Crippen LogP contribution in [-0.4, -0.2) is 35.7 Å². The molecule has 0 atom stereocenters. The molecule has 178 valence electrons. The molecule has 0 aliphatic heterocycles. The number of amides is 2. The molecule has 0 unspecified atom stereocenters. The highest BCUT2D eigenvalue weighted by atomic mass is 16.5. The van der Waals surface area contributed by atoms with Crippen molar-refractivity contribution in [2.24, 2.45) is 5.92 Å². The molecule has 1 saturated carbocycles. The summed E-state index contributed by atoms with van der Waals surface area (Å²) in [6, 6.07) is 22.9. The fourth-order valence-electron chi connectivity index (χ4n) is 5.03. The number of hydrogen-bond donors (Lipinski definition) is 3. The topological polar surface area (TPSA) is 105 Å². The van der Waals surface area contributed by atoms with Crippen molar-refractivity contribution in [1.82, 2.24) is 5.32 Å². The summed E-state index contributed by atoms with van der Waals surface area (Å²) in [7, 11) is 0. The largest absolute Gasteiger partial charge is 0.481 e. The molecule has 0 aromatic heterocycles. The van der Waals surface area contributed by atoms with Gasteiger partial charge in [-0.2, -0.15) is 0 Å². The van der Waals surface area contributed by atoms with Gasteiger partial charge in [0.05, 0.1) is 0 Å². The number of benzene rings is 3. The summed E-state index contributed by atoms with van der Waals surface area (Å²) in [6.45, 7) is 0.208. The number of carbonyl (C=O) groups excluding carboxylic acids is 2. The first kappa shape index (κ1) is 22.7. The van der Waals surface area contributed by atoms with E-state index in [0.717, 1.165) is 22.3 Å². The maximum absolute atomic E-state index is 12.6. The van der Waals surface area contributed by atoms with Crippen molar-refractivity contribution < 1.29 is 24.2 Å². The number of ether oxygens (including phenoxy) is 1. The number of rotatable bonds is 7. The van der Waals surface area contributed by atoms with Crippen LogP contribution in [0.3, 0.4) is 0 Å². The summed E-state index contributed by atoms with van der Waals surface area (Å²) in [5, 5.41) is 14.5. The number of carbonyl (C=O) groups is 3.